The van der Waals surface area contributed by atoms with Gasteiger partial charge in [0.1, 0.15) is 6.26 Å². The number of carbonyl (C=O) groups excluding carboxylic acids is 1. The summed E-state index contributed by atoms with van der Waals surface area (Å²) >= 11 is 0. The molecule has 1 aromatic heterocycles. The zero-order chi connectivity index (χ0) is 19.0. The molecule has 1 aromatic carbocycles. The van der Waals surface area contributed by atoms with Crippen LogP contribution >= 0.6 is 0 Å². The van der Waals surface area contributed by atoms with Gasteiger partial charge in [-0.3, -0.25) is 9.69 Å². The molecule has 3 aliphatic heterocycles. The maximum atomic E-state index is 12.3. The molecule has 0 radical (unpaired) electrons. The molecule has 4 atom stereocenters. The Labute approximate surface area is 165 Å². The van der Waals surface area contributed by atoms with Crippen LogP contribution in [0.5, 0.6) is 0 Å². The molecule has 1 spiro atoms. The quantitative estimate of drug-likeness (QED) is 0.839. The van der Waals surface area contributed by atoms with Crippen LogP contribution < -0.4 is 5.32 Å². The van der Waals surface area contributed by atoms with Crippen LogP contribution in [0.3, 0.4) is 0 Å². The van der Waals surface area contributed by atoms with Crippen LogP contribution in [0.15, 0.2) is 59.4 Å². The summed E-state index contributed by atoms with van der Waals surface area (Å²) < 4.78 is 11.5. The Morgan fingerprint density at radius 1 is 1.29 bits per heavy atom. The lowest BCUT2D eigenvalue weighted by Gasteiger charge is -2.29. The number of carbonyl (C=O) groups is 1. The second-order valence-electron chi connectivity index (χ2n) is 8.26. The zero-order valence-corrected chi connectivity index (χ0v) is 15.9. The van der Waals surface area contributed by atoms with Crippen LogP contribution in [0.25, 0.3) is 6.08 Å². The lowest BCUT2D eigenvalue weighted by molar-refractivity contribution is 0.00366. The monoisotopic (exact) mass is 378 g/mol. The molecule has 3 saturated heterocycles. The van der Waals surface area contributed by atoms with Crippen molar-refractivity contribution in [3.63, 3.8) is 0 Å². The van der Waals surface area contributed by atoms with Crippen LogP contribution in [-0.2, 0) is 4.74 Å². The molecular formula is C23H26N2O3. The lowest BCUT2D eigenvalue weighted by Crippen LogP contribution is -2.41. The molecule has 0 aliphatic carbocycles. The molecule has 5 nitrogen and oxygen atoms in total. The molecule has 1 N–H and O–H groups in total. The first kappa shape index (κ1) is 17.7. The Morgan fingerprint density at radius 2 is 2.18 bits per heavy atom. The predicted molar refractivity (Wildman–Crippen MR) is 107 cm³/mol. The maximum absolute atomic E-state index is 12.3. The van der Waals surface area contributed by atoms with Crippen molar-refractivity contribution in [1.29, 1.82) is 0 Å². The number of nitrogens with one attached hydrogen (secondary N) is 1. The normalized spacial score (nSPS) is 31.5. The minimum Gasteiger partial charge on any atom is -0.472 e. The number of furan rings is 1. The summed E-state index contributed by atoms with van der Waals surface area (Å²) in [6.07, 6.45) is 10.00. The van der Waals surface area contributed by atoms with E-state index in [4.69, 9.17) is 9.15 Å². The SMILES string of the molecule is O=C(NC[C@H]1[C@H]2CN(C/C=C/c3ccccc3)C[C@]23CC[C@H]1O3)c1ccoc1. The second-order valence-corrected chi connectivity index (χ2v) is 8.26. The first-order valence-corrected chi connectivity index (χ1v) is 10.2. The van der Waals surface area contributed by atoms with E-state index in [-0.39, 0.29) is 17.6 Å². The Kier molecular flexibility index (Phi) is 4.57. The van der Waals surface area contributed by atoms with E-state index >= 15 is 0 Å². The van der Waals surface area contributed by atoms with Gasteiger partial charge >= 0.3 is 0 Å². The third-order valence-electron chi connectivity index (χ3n) is 6.61. The fourth-order valence-corrected chi connectivity index (χ4v) is 5.31. The first-order chi connectivity index (χ1) is 13.7. The van der Waals surface area contributed by atoms with E-state index in [2.05, 4.69) is 46.6 Å². The van der Waals surface area contributed by atoms with Gasteiger partial charge in [-0.25, -0.2) is 0 Å². The van der Waals surface area contributed by atoms with Crippen LogP contribution in [0, 0.1) is 11.8 Å². The van der Waals surface area contributed by atoms with Crippen molar-refractivity contribution in [3.05, 3.63) is 66.1 Å². The highest BCUT2D eigenvalue weighted by Crippen LogP contribution is 2.54. The van der Waals surface area contributed by atoms with Crippen molar-refractivity contribution in [1.82, 2.24) is 10.2 Å². The highest BCUT2D eigenvalue weighted by molar-refractivity contribution is 5.93. The third-order valence-corrected chi connectivity index (χ3v) is 6.61. The molecule has 0 saturated carbocycles. The van der Waals surface area contributed by atoms with Crippen LogP contribution in [0.4, 0.5) is 0 Å². The van der Waals surface area contributed by atoms with Gasteiger partial charge in [-0.2, -0.15) is 0 Å². The van der Waals surface area contributed by atoms with Crippen molar-refractivity contribution in [2.45, 2.75) is 24.5 Å². The van der Waals surface area contributed by atoms with Crippen molar-refractivity contribution in [2.75, 3.05) is 26.2 Å². The molecule has 28 heavy (non-hydrogen) atoms. The van der Waals surface area contributed by atoms with Crippen molar-refractivity contribution in [3.8, 4) is 0 Å². The van der Waals surface area contributed by atoms with Gasteiger partial charge in [0.15, 0.2) is 0 Å². The third kappa shape index (κ3) is 3.19. The zero-order valence-electron chi connectivity index (χ0n) is 15.9. The van der Waals surface area contributed by atoms with Gasteiger partial charge in [0, 0.05) is 38.0 Å². The molecule has 4 heterocycles. The largest absolute Gasteiger partial charge is 0.472 e. The molecule has 3 fully saturated rings. The molecule has 3 aliphatic rings. The van der Waals surface area contributed by atoms with Crippen LogP contribution in [0.1, 0.15) is 28.8 Å². The van der Waals surface area contributed by atoms with E-state index < -0.39 is 0 Å². The molecule has 146 valence electrons. The minimum atomic E-state index is -0.0637. The van der Waals surface area contributed by atoms with Crippen LogP contribution in [-0.4, -0.2) is 48.7 Å². The van der Waals surface area contributed by atoms with E-state index in [0.717, 1.165) is 32.5 Å². The van der Waals surface area contributed by atoms with Gasteiger partial charge in [-0.15, -0.1) is 0 Å². The van der Waals surface area contributed by atoms with Crippen molar-refractivity contribution >= 4 is 12.0 Å². The number of hydrogen-bond donors (Lipinski definition) is 1. The van der Waals surface area contributed by atoms with Crippen molar-refractivity contribution in [2.24, 2.45) is 11.8 Å². The number of benzene rings is 1. The van der Waals surface area contributed by atoms with E-state index in [1.54, 1.807) is 6.07 Å². The van der Waals surface area contributed by atoms with E-state index in [1.807, 2.05) is 6.07 Å². The second kappa shape index (κ2) is 7.22. The summed E-state index contributed by atoms with van der Waals surface area (Å²) in [5.41, 5.74) is 1.81. The van der Waals surface area contributed by atoms with Gasteiger partial charge in [0.05, 0.1) is 23.5 Å². The molecule has 2 aromatic rings. The molecular weight excluding hydrogens is 352 g/mol. The summed E-state index contributed by atoms with van der Waals surface area (Å²) in [4.78, 5) is 14.8. The Hall–Kier alpha value is -2.37. The maximum Gasteiger partial charge on any atom is 0.254 e. The summed E-state index contributed by atoms with van der Waals surface area (Å²) in [5.74, 6) is 0.833. The molecule has 5 rings (SSSR count). The molecule has 5 heteroatoms. The highest BCUT2D eigenvalue weighted by Gasteiger charge is 2.62. The Bertz CT molecular complexity index is 848. The van der Waals surface area contributed by atoms with Crippen LogP contribution in [0.2, 0.25) is 0 Å². The number of likely N-dealkylation sites (tertiary alicyclic amines) is 1. The van der Waals surface area contributed by atoms with E-state index in [9.17, 15) is 4.79 Å². The highest BCUT2D eigenvalue weighted by atomic mass is 16.5. The standard InChI is InChI=1S/C23H26N2O3/c26-22(18-9-12-27-15-18)24-13-19-20-14-25(16-23(20)10-8-21(19)28-23)11-4-7-17-5-2-1-3-6-17/h1-7,9,12,15,19-21H,8,10-11,13-14,16H2,(H,24,26)/b7-4+/t19-,20+,21+,23+/m0/s1. The average molecular weight is 378 g/mol. The summed E-state index contributed by atoms with van der Waals surface area (Å²) in [6, 6.07) is 12.1. The van der Waals surface area contributed by atoms with Gasteiger partial charge < -0.3 is 14.5 Å². The molecule has 0 unspecified atom stereocenters. The van der Waals surface area contributed by atoms with Gasteiger partial charge in [-0.1, -0.05) is 42.5 Å². The smallest absolute Gasteiger partial charge is 0.254 e. The molecule has 2 bridgehead atoms. The minimum absolute atomic E-state index is 0.00368. The fraction of sp³-hybridized carbons (Fsp3) is 0.435. The number of fused-ring (bicyclic) bond motifs is 1. The van der Waals surface area contributed by atoms with E-state index in [0.29, 0.717) is 23.9 Å². The Balaban J connectivity index is 1.20. The summed E-state index contributed by atoms with van der Waals surface area (Å²) in [6.45, 7) is 3.66. The predicted octanol–water partition coefficient (Wildman–Crippen LogP) is 3.20. The number of ether oxygens (including phenoxy) is 1. The summed E-state index contributed by atoms with van der Waals surface area (Å²) in [5, 5.41) is 3.09. The van der Waals surface area contributed by atoms with Gasteiger partial charge in [0.25, 0.3) is 5.91 Å². The number of amides is 1. The number of hydrogen-bond acceptors (Lipinski definition) is 4. The Morgan fingerprint density at radius 3 is 3.00 bits per heavy atom. The fourth-order valence-electron chi connectivity index (χ4n) is 5.31. The van der Waals surface area contributed by atoms with Gasteiger partial charge in [-0.05, 0) is 24.5 Å². The van der Waals surface area contributed by atoms with Gasteiger partial charge in [0.2, 0.25) is 0 Å². The first-order valence-electron chi connectivity index (χ1n) is 10.2. The number of nitrogens with zero attached hydrogens (tertiary/aromatic N) is 1. The van der Waals surface area contributed by atoms with E-state index in [1.165, 1.54) is 18.1 Å². The van der Waals surface area contributed by atoms with Crippen molar-refractivity contribution < 1.29 is 13.9 Å². The average Bonchev–Trinajstić information content (AvgIpc) is 3.48. The lowest BCUT2D eigenvalue weighted by atomic mass is 9.73. The molecule has 1 amide bonds. The summed E-state index contributed by atoms with van der Waals surface area (Å²) in [7, 11) is 0. The number of rotatable bonds is 6. The topological polar surface area (TPSA) is 54.7 Å².